The number of pyridine rings is 1. The number of carbonyl (C=O) groups is 5. The number of imide groups is 1. The van der Waals surface area contributed by atoms with Crippen molar-refractivity contribution in [3.05, 3.63) is 107 Å². The third-order valence-corrected chi connectivity index (χ3v) is 19.5. The highest BCUT2D eigenvalue weighted by atomic mass is 32.1. The molecule has 4 bridgehead atoms. The highest BCUT2D eigenvalue weighted by Crippen LogP contribution is 2.72. The summed E-state index contributed by atoms with van der Waals surface area (Å²) in [6.45, 7) is 13.5. The second-order valence-corrected chi connectivity index (χ2v) is 27.7. The number of piperidine rings is 1. The smallest absolute Gasteiger partial charge is 0.355 e. The maximum absolute atomic E-state index is 13.4. The molecule has 25 nitrogen and oxygen atoms in total. The number of ether oxygens (including phenoxy) is 4. The first-order chi connectivity index (χ1) is 44.2. The first-order valence-corrected chi connectivity index (χ1v) is 32.5. The third-order valence-electron chi connectivity index (χ3n) is 18.5. The molecule has 13 rings (SSSR count). The number of carbonyl (C=O) groups excluding carboxylic acids is 4. The van der Waals surface area contributed by atoms with Crippen molar-refractivity contribution < 1.29 is 48.0 Å². The van der Waals surface area contributed by atoms with Crippen molar-refractivity contribution in [3.63, 3.8) is 0 Å². The number of aromatic carboxylic acids is 1. The number of aryl methyl sites for hydroxylation is 2. The van der Waals surface area contributed by atoms with Crippen LogP contribution in [0.15, 0.2) is 73.1 Å². The minimum absolute atomic E-state index is 0.00786. The molecule has 4 saturated carbocycles. The van der Waals surface area contributed by atoms with Crippen molar-refractivity contribution in [1.29, 1.82) is 0 Å². The van der Waals surface area contributed by atoms with E-state index in [1.807, 2.05) is 67.4 Å². The van der Waals surface area contributed by atoms with Crippen LogP contribution in [-0.4, -0.2) is 168 Å². The number of likely N-dealkylation sites (N-methyl/N-ethyl adjacent to an activating group) is 1. The fourth-order valence-electron chi connectivity index (χ4n) is 15.7. The molecular weight excluding hydrogens is 1190 g/mol. The molecule has 1 saturated heterocycles. The van der Waals surface area contributed by atoms with E-state index in [9.17, 15) is 29.1 Å². The molecule has 2 aliphatic heterocycles. The Kier molecular flexibility index (Phi) is 18.7. The largest absolute Gasteiger partial charge is 0.476 e. The highest BCUT2D eigenvalue weighted by Gasteiger charge is 2.66. The lowest BCUT2D eigenvalue weighted by Gasteiger charge is -2.69. The number of benzene rings is 2. The predicted molar refractivity (Wildman–Crippen MR) is 344 cm³/mol. The number of rotatable bonds is 30. The molecule has 2 aromatic carbocycles. The molecule has 7 aromatic rings. The summed E-state index contributed by atoms with van der Waals surface area (Å²) >= 11 is 1.53. The number of hydrogen-bond donors (Lipinski definition) is 4. The van der Waals surface area contributed by atoms with Gasteiger partial charge in [0.15, 0.2) is 22.5 Å². The second kappa shape index (κ2) is 26.8. The molecule has 486 valence electrons. The standard InChI is InChI=1S/C66H81N15O10S/c1-42-29-54(74-75-58(42)72-62-69-50-14-8-9-16-52(50)92-62)79(53-19-17-45(57(70-53)61(86)87)47-30-67-81(43(47)2)41-65-36-63(3)35-64(4,37-65)39-66(38-63,40-65)91-24-23-77(5)6)22-11-7-10-21-78-31-44(73-76-78)33-89-27-25-88-26-28-90-34-56(83)68-49-15-12-13-46-48(49)32-80(60(46)85)51-18-20-55(82)71-59(51)84/h8-9,12-17,19,29-31,51H,7,10-11,18,20-28,32-41H2,1-6H3,(H,68,83)(H,86,87)(H,69,72,75)(H,71,82,84). The van der Waals surface area contributed by atoms with Gasteiger partial charge in [-0.15, -0.1) is 15.3 Å². The lowest BCUT2D eigenvalue weighted by atomic mass is 9.39. The Labute approximate surface area is 537 Å². The average Bonchev–Trinajstić information content (AvgIpc) is 0.822. The van der Waals surface area contributed by atoms with Crippen LogP contribution in [0.3, 0.4) is 0 Å². The Morgan fingerprint density at radius 2 is 1.61 bits per heavy atom. The molecule has 3 atom stereocenters. The van der Waals surface area contributed by atoms with Gasteiger partial charge in [0.2, 0.25) is 17.7 Å². The normalized spacial score (nSPS) is 22.4. The maximum atomic E-state index is 13.4. The van der Waals surface area contributed by atoms with Crippen molar-refractivity contribution in [3.8, 4) is 11.1 Å². The zero-order valence-electron chi connectivity index (χ0n) is 53.2. The van der Waals surface area contributed by atoms with Gasteiger partial charge in [0.1, 0.15) is 24.2 Å². The summed E-state index contributed by atoms with van der Waals surface area (Å²) in [5.74, 6) is -1.21. The fraction of sp³-hybridized carbons (Fsp3) is 0.515. The summed E-state index contributed by atoms with van der Waals surface area (Å²) in [7, 11) is 4.18. The van der Waals surface area contributed by atoms with Gasteiger partial charge in [0.25, 0.3) is 5.91 Å². The first kappa shape index (κ1) is 64.0. The maximum Gasteiger partial charge on any atom is 0.355 e. The highest BCUT2D eigenvalue weighted by molar-refractivity contribution is 7.22. The monoisotopic (exact) mass is 1280 g/mol. The summed E-state index contributed by atoms with van der Waals surface area (Å²) < 4.78 is 28.9. The van der Waals surface area contributed by atoms with Gasteiger partial charge in [-0.1, -0.05) is 48.6 Å². The number of anilines is 5. The van der Waals surface area contributed by atoms with Gasteiger partial charge in [-0.05, 0) is 156 Å². The third kappa shape index (κ3) is 14.2. The summed E-state index contributed by atoms with van der Waals surface area (Å²) in [5, 5.41) is 43.0. The van der Waals surface area contributed by atoms with E-state index in [2.05, 4.69) is 68.9 Å². The van der Waals surface area contributed by atoms with Gasteiger partial charge in [-0.2, -0.15) is 5.10 Å². The molecular formula is C66H81N15O10S. The van der Waals surface area contributed by atoms with Gasteiger partial charge in [-0.3, -0.25) is 33.9 Å². The van der Waals surface area contributed by atoms with Gasteiger partial charge < -0.3 is 49.4 Å². The summed E-state index contributed by atoms with van der Waals surface area (Å²) in [4.78, 5) is 78.7. The van der Waals surface area contributed by atoms with E-state index >= 15 is 0 Å². The topological polar surface area (TPSA) is 288 Å². The quantitative estimate of drug-likeness (QED) is 0.0242. The van der Waals surface area contributed by atoms with Crippen molar-refractivity contribution in [2.24, 2.45) is 16.2 Å². The van der Waals surface area contributed by atoms with E-state index in [4.69, 9.17) is 39.1 Å². The number of carboxylic acid groups (broad SMARTS) is 1. The van der Waals surface area contributed by atoms with Gasteiger partial charge in [-0.25, -0.2) is 14.8 Å². The number of para-hydroxylation sites is 1. The Balaban J connectivity index is 0.630. The molecule has 26 heteroatoms. The Morgan fingerprint density at radius 3 is 2.38 bits per heavy atom. The summed E-state index contributed by atoms with van der Waals surface area (Å²) in [5.41, 5.74) is 6.15. The molecule has 7 heterocycles. The van der Waals surface area contributed by atoms with Crippen LogP contribution in [-0.2, 0) is 59.6 Å². The minimum atomic E-state index is -1.14. The minimum Gasteiger partial charge on any atom is -0.476 e. The van der Waals surface area contributed by atoms with E-state index in [0.717, 1.165) is 85.1 Å². The first-order valence-electron chi connectivity index (χ1n) is 31.7. The lowest BCUT2D eigenvalue weighted by molar-refractivity contribution is -0.248. The summed E-state index contributed by atoms with van der Waals surface area (Å²) in [6, 6.07) is 17.9. The van der Waals surface area contributed by atoms with Crippen molar-refractivity contribution >= 4 is 79.4 Å². The van der Waals surface area contributed by atoms with E-state index in [-0.39, 0.29) is 85.2 Å². The molecule has 6 aliphatic rings. The number of carboxylic acids is 1. The molecule has 3 unspecified atom stereocenters. The van der Waals surface area contributed by atoms with Crippen molar-refractivity contribution in [2.45, 2.75) is 136 Å². The Bertz CT molecular complexity index is 3850. The number of unbranched alkanes of at least 4 members (excludes halogenated alkanes) is 2. The molecule has 4 aliphatic carbocycles. The van der Waals surface area contributed by atoms with Crippen LogP contribution in [0.4, 0.5) is 28.3 Å². The second-order valence-electron chi connectivity index (χ2n) is 26.7. The number of hydrogen-bond acceptors (Lipinski definition) is 20. The van der Waals surface area contributed by atoms with Gasteiger partial charge in [0.05, 0.1) is 67.9 Å². The number of nitrogens with zero attached hydrogens (tertiary/aromatic N) is 12. The Hall–Kier alpha value is -8.14. The fourth-order valence-corrected chi connectivity index (χ4v) is 16.5. The molecule has 0 radical (unpaired) electrons. The van der Waals surface area contributed by atoms with Crippen LogP contribution in [0.25, 0.3) is 21.3 Å². The van der Waals surface area contributed by atoms with E-state index < -0.39 is 23.8 Å². The molecule has 0 spiro atoms. The SMILES string of the molecule is Cc1cc(N(CCCCCn2cc(COCCOCCOCC(=O)Nc3cccc4c3CN(C3CCC(=O)NC3=O)C4=O)nn2)c2ccc(-c3cnn(CC45CC6(C)CC(C)(C4)CC(OCCN(C)C)(C6)C5)c3C)c(C(=O)O)n2)nnc1Nc1nc2ccccc2s1. The number of thiazole rings is 1. The number of fused-ring (bicyclic) bond motifs is 2. The zero-order chi connectivity index (χ0) is 64.4. The van der Waals surface area contributed by atoms with E-state index in [1.165, 1.54) is 22.7 Å². The van der Waals surface area contributed by atoms with E-state index in [0.29, 0.717) is 90.0 Å². The molecule has 4 N–H and O–H groups in total. The van der Waals surface area contributed by atoms with Crippen molar-refractivity contribution in [1.82, 2.24) is 60.1 Å². The van der Waals surface area contributed by atoms with E-state index in [1.54, 1.807) is 29.1 Å². The summed E-state index contributed by atoms with van der Waals surface area (Å²) in [6.07, 6.45) is 13.0. The average molecular weight is 1280 g/mol. The number of amides is 4. The zero-order valence-corrected chi connectivity index (χ0v) is 54.0. The van der Waals surface area contributed by atoms with Crippen LogP contribution in [0, 0.1) is 30.1 Å². The van der Waals surface area contributed by atoms with Crippen LogP contribution in [0.1, 0.15) is 128 Å². The molecule has 92 heavy (non-hydrogen) atoms. The Morgan fingerprint density at radius 1 is 0.815 bits per heavy atom. The van der Waals surface area contributed by atoms with Crippen LogP contribution >= 0.6 is 11.3 Å². The van der Waals surface area contributed by atoms with Gasteiger partial charge in [0, 0.05) is 72.8 Å². The number of nitrogens with one attached hydrogen (secondary N) is 3. The lowest BCUT2D eigenvalue weighted by Crippen LogP contribution is -2.64. The van der Waals surface area contributed by atoms with Crippen LogP contribution in [0.5, 0.6) is 0 Å². The van der Waals surface area contributed by atoms with Crippen molar-refractivity contribution in [2.75, 3.05) is 82.4 Å². The number of aromatic nitrogens is 9. The predicted octanol–water partition coefficient (Wildman–Crippen LogP) is 8.65. The van der Waals surface area contributed by atoms with Gasteiger partial charge >= 0.3 is 5.97 Å². The molecule has 5 fully saturated rings. The molecule has 4 amide bonds. The molecule has 5 aromatic heterocycles. The van der Waals surface area contributed by atoms with Crippen LogP contribution in [0.2, 0.25) is 0 Å². The van der Waals surface area contributed by atoms with Crippen LogP contribution < -0.4 is 20.9 Å².